The van der Waals surface area contributed by atoms with E-state index in [-0.39, 0.29) is 0 Å². The molecule has 0 aliphatic rings. The molecule has 2 aromatic carbocycles. The molecule has 0 atom stereocenters. The Balaban J connectivity index is 2.03. The maximum Gasteiger partial charge on any atom is 0.0999 e. The highest BCUT2D eigenvalue weighted by Gasteiger charge is 2.06. The van der Waals surface area contributed by atoms with Gasteiger partial charge in [0.1, 0.15) is 0 Å². The molecule has 3 aromatic rings. The average molecular weight is 236 g/mol. The van der Waals surface area contributed by atoms with Crippen LogP contribution in [0.4, 0.5) is 0 Å². The molecule has 90 valence electrons. The van der Waals surface area contributed by atoms with E-state index in [2.05, 4.69) is 53.5 Å². The molecule has 0 saturated heterocycles. The summed E-state index contributed by atoms with van der Waals surface area (Å²) in [5, 5.41) is 8.67. The third-order valence-corrected chi connectivity index (χ3v) is 3.24. The van der Waals surface area contributed by atoms with Crippen molar-refractivity contribution in [1.82, 2.24) is 10.2 Å². The number of aromatic nitrogens is 2. The van der Waals surface area contributed by atoms with Crippen molar-refractivity contribution in [2.75, 3.05) is 0 Å². The van der Waals surface area contributed by atoms with Crippen molar-refractivity contribution < 1.29 is 0 Å². The minimum absolute atomic E-state index is 1.04. The van der Waals surface area contributed by atoms with Crippen molar-refractivity contribution in [1.29, 1.82) is 0 Å². The van der Waals surface area contributed by atoms with Crippen molar-refractivity contribution in [3.63, 3.8) is 0 Å². The summed E-state index contributed by atoms with van der Waals surface area (Å²) in [6, 6.07) is 16.9. The summed E-state index contributed by atoms with van der Waals surface area (Å²) in [4.78, 5) is 0. The fourth-order valence-corrected chi connectivity index (χ4v) is 2.30. The van der Waals surface area contributed by atoms with Gasteiger partial charge < -0.3 is 0 Å². The Morgan fingerprint density at radius 1 is 1.00 bits per heavy atom. The van der Waals surface area contributed by atoms with Gasteiger partial charge in [-0.05, 0) is 18.1 Å². The summed E-state index contributed by atoms with van der Waals surface area (Å²) >= 11 is 0. The molecule has 2 nitrogen and oxygen atoms in total. The lowest BCUT2D eigenvalue weighted by Gasteiger charge is -2.01. The number of H-pyrrole nitrogens is 1. The molecule has 3 rings (SSSR count). The van der Waals surface area contributed by atoms with Gasteiger partial charge in [-0.15, -0.1) is 0 Å². The minimum Gasteiger partial charge on any atom is -0.277 e. The summed E-state index contributed by atoms with van der Waals surface area (Å²) in [6.45, 7) is 2.20. The summed E-state index contributed by atoms with van der Waals surface area (Å²) in [5.74, 6) is 0. The predicted octanol–water partition coefficient (Wildman–Crippen LogP) is 4.18. The lowest BCUT2D eigenvalue weighted by Crippen LogP contribution is -1.84. The van der Waals surface area contributed by atoms with Crippen molar-refractivity contribution in [2.24, 2.45) is 0 Å². The van der Waals surface area contributed by atoms with Gasteiger partial charge in [-0.25, -0.2) is 0 Å². The Kier molecular flexibility index (Phi) is 2.85. The molecule has 0 fully saturated rings. The van der Waals surface area contributed by atoms with Gasteiger partial charge in [-0.3, -0.25) is 5.10 Å². The second-order valence-electron chi connectivity index (χ2n) is 4.56. The molecule has 1 heterocycles. The van der Waals surface area contributed by atoms with E-state index in [1.165, 1.54) is 22.9 Å². The quantitative estimate of drug-likeness (QED) is 0.726. The smallest absolute Gasteiger partial charge is 0.0999 e. The van der Waals surface area contributed by atoms with Crippen LogP contribution in [-0.2, 0) is 6.42 Å². The third-order valence-electron chi connectivity index (χ3n) is 3.24. The van der Waals surface area contributed by atoms with Gasteiger partial charge in [0.05, 0.1) is 11.2 Å². The number of para-hydroxylation sites is 1. The van der Waals surface area contributed by atoms with Crippen molar-refractivity contribution in [3.8, 4) is 11.3 Å². The summed E-state index contributed by atoms with van der Waals surface area (Å²) in [7, 11) is 0. The Morgan fingerprint density at radius 3 is 2.56 bits per heavy atom. The molecule has 0 radical (unpaired) electrons. The van der Waals surface area contributed by atoms with E-state index in [9.17, 15) is 0 Å². The molecule has 0 aliphatic heterocycles. The Bertz CT molecular complexity index is 650. The minimum atomic E-state index is 1.04. The number of aromatic amines is 1. The van der Waals surface area contributed by atoms with E-state index >= 15 is 0 Å². The highest BCUT2D eigenvalue weighted by molar-refractivity contribution is 5.92. The number of aryl methyl sites for hydroxylation is 1. The van der Waals surface area contributed by atoms with Crippen LogP contribution in [0.25, 0.3) is 22.2 Å². The van der Waals surface area contributed by atoms with E-state index in [4.69, 9.17) is 0 Å². The number of rotatable bonds is 3. The molecule has 0 unspecified atom stereocenters. The lowest BCUT2D eigenvalue weighted by molar-refractivity contribution is 0.922. The Labute approximate surface area is 107 Å². The molecule has 0 saturated carbocycles. The summed E-state index contributed by atoms with van der Waals surface area (Å²) < 4.78 is 0. The van der Waals surface area contributed by atoms with E-state index in [0.717, 1.165) is 17.6 Å². The summed E-state index contributed by atoms with van der Waals surface area (Å²) in [5.41, 5.74) is 4.69. The normalized spacial score (nSPS) is 10.9. The molecular formula is C16H16N2. The van der Waals surface area contributed by atoms with E-state index in [0.29, 0.717) is 0 Å². The van der Waals surface area contributed by atoms with Crippen LogP contribution in [0, 0.1) is 0 Å². The van der Waals surface area contributed by atoms with Gasteiger partial charge in [-0.1, -0.05) is 55.8 Å². The standard InChI is InChI=1S/C16H16N2/c1-2-5-12-8-10-13(11-9-12)16-14-6-3-4-7-15(14)17-18-16/h3-4,6-11H,2,5H2,1H3,(H,17,18). The van der Waals surface area contributed by atoms with Crippen LogP contribution >= 0.6 is 0 Å². The van der Waals surface area contributed by atoms with E-state index in [1.807, 2.05) is 12.1 Å². The monoisotopic (exact) mass is 236 g/mol. The van der Waals surface area contributed by atoms with E-state index in [1.54, 1.807) is 0 Å². The molecule has 0 aliphatic carbocycles. The highest BCUT2D eigenvalue weighted by atomic mass is 15.1. The zero-order chi connectivity index (χ0) is 12.4. The Hall–Kier alpha value is -2.09. The fourth-order valence-electron chi connectivity index (χ4n) is 2.30. The number of nitrogens with one attached hydrogen (secondary N) is 1. The van der Waals surface area contributed by atoms with Crippen LogP contribution in [0.2, 0.25) is 0 Å². The first-order valence-electron chi connectivity index (χ1n) is 6.41. The first kappa shape index (κ1) is 11.0. The zero-order valence-electron chi connectivity index (χ0n) is 10.5. The second kappa shape index (κ2) is 4.65. The van der Waals surface area contributed by atoms with Crippen molar-refractivity contribution in [2.45, 2.75) is 19.8 Å². The summed E-state index contributed by atoms with van der Waals surface area (Å²) in [6.07, 6.45) is 2.33. The van der Waals surface area contributed by atoms with Gasteiger partial charge in [0.25, 0.3) is 0 Å². The van der Waals surface area contributed by atoms with Crippen molar-refractivity contribution >= 4 is 10.9 Å². The number of benzene rings is 2. The molecule has 1 aromatic heterocycles. The molecule has 0 spiro atoms. The van der Waals surface area contributed by atoms with Gasteiger partial charge >= 0.3 is 0 Å². The van der Waals surface area contributed by atoms with E-state index < -0.39 is 0 Å². The number of fused-ring (bicyclic) bond motifs is 1. The zero-order valence-corrected chi connectivity index (χ0v) is 10.5. The molecule has 1 N–H and O–H groups in total. The van der Waals surface area contributed by atoms with Crippen molar-refractivity contribution in [3.05, 3.63) is 54.1 Å². The average Bonchev–Trinajstić information content (AvgIpc) is 2.84. The fraction of sp³-hybridized carbons (Fsp3) is 0.188. The molecular weight excluding hydrogens is 220 g/mol. The molecule has 18 heavy (non-hydrogen) atoms. The number of nitrogens with zero attached hydrogens (tertiary/aromatic N) is 1. The van der Waals surface area contributed by atoms with Gasteiger partial charge in [0.2, 0.25) is 0 Å². The molecule has 0 amide bonds. The third kappa shape index (κ3) is 1.90. The van der Waals surface area contributed by atoms with Gasteiger partial charge in [0.15, 0.2) is 0 Å². The lowest BCUT2D eigenvalue weighted by atomic mass is 10.0. The topological polar surface area (TPSA) is 28.7 Å². The molecule has 2 heteroatoms. The number of hydrogen-bond acceptors (Lipinski definition) is 1. The van der Waals surface area contributed by atoms with Crippen LogP contribution in [0.5, 0.6) is 0 Å². The second-order valence-corrected chi connectivity index (χ2v) is 4.56. The largest absolute Gasteiger partial charge is 0.277 e. The van der Waals surface area contributed by atoms with Crippen LogP contribution in [0.3, 0.4) is 0 Å². The highest BCUT2D eigenvalue weighted by Crippen LogP contribution is 2.26. The van der Waals surface area contributed by atoms with Crippen LogP contribution in [0.15, 0.2) is 48.5 Å². The van der Waals surface area contributed by atoms with Gasteiger partial charge in [-0.2, -0.15) is 5.10 Å². The van der Waals surface area contributed by atoms with Crippen LogP contribution < -0.4 is 0 Å². The first-order chi connectivity index (χ1) is 8.88. The molecule has 0 bridgehead atoms. The SMILES string of the molecule is CCCc1ccc(-c2n[nH]c3ccccc23)cc1. The maximum absolute atomic E-state index is 4.42. The van der Waals surface area contributed by atoms with Crippen LogP contribution in [0.1, 0.15) is 18.9 Å². The maximum atomic E-state index is 4.42. The Morgan fingerprint density at radius 2 is 1.78 bits per heavy atom. The predicted molar refractivity (Wildman–Crippen MR) is 75.5 cm³/mol. The number of hydrogen-bond donors (Lipinski definition) is 1. The first-order valence-corrected chi connectivity index (χ1v) is 6.41. The van der Waals surface area contributed by atoms with Gasteiger partial charge in [0, 0.05) is 10.9 Å². The van der Waals surface area contributed by atoms with Crippen LogP contribution in [-0.4, -0.2) is 10.2 Å².